The fourth-order valence-corrected chi connectivity index (χ4v) is 1.76. The first-order valence-electron chi connectivity index (χ1n) is 3.75. The molecule has 6 heteroatoms. The molecule has 0 atom stereocenters. The maximum atomic E-state index is 12.5. The van der Waals surface area contributed by atoms with Gasteiger partial charge in [-0.25, -0.2) is 2.90 Å². The molecule has 0 N–H and O–H groups in total. The lowest BCUT2D eigenvalue weighted by Gasteiger charge is -2.16. The topological polar surface area (TPSA) is 17.8 Å². The number of hydrogen-bond acceptors (Lipinski definition) is 1. The highest BCUT2D eigenvalue weighted by molar-refractivity contribution is 14.1. The zero-order valence-electron chi connectivity index (χ0n) is 6.48. The molecule has 0 aromatic carbocycles. The van der Waals surface area contributed by atoms with Crippen LogP contribution in [0.5, 0.6) is 0 Å². The first-order chi connectivity index (χ1) is 5.96. The van der Waals surface area contributed by atoms with Crippen LogP contribution < -0.4 is 0 Å². The van der Waals surface area contributed by atoms with Gasteiger partial charge in [0.05, 0.1) is 28.6 Å². The molecule has 1 fully saturated rings. The SMILES string of the molecule is FC(F)(F)C1(c2ccn(I)n2)CC1. The number of rotatable bonds is 1. The van der Waals surface area contributed by atoms with Crippen molar-refractivity contribution in [3.63, 3.8) is 0 Å². The van der Waals surface area contributed by atoms with Crippen LogP contribution in [-0.4, -0.2) is 14.2 Å². The Kier molecular flexibility index (Phi) is 1.87. The first-order valence-corrected chi connectivity index (χ1v) is 4.71. The lowest BCUT2D eigenvalue weighted by Crippen LogP contribution is -2.29. The summed E-state index contributed by atoms with van der Waals surface area (Å²) in [6.07, 6.45) is -2.28. The molecule has 1 heterocycles. The monoisotopic (exact) mass is 302 g/mol. The van der Waals surface area contributed by atoms with Crippen molar-refractivity contribution in [2.45, 2.75) is 24.4 Å². The zero-order chi connectivity index (χ0) is 9.69. The number of alkyl halides is 3. The second-order valence-electron chi connectivity index (χ2n) is 3.17. The molecule has 1 saturated carbocycles. The smallest absolute Gasteiger partial charge is 0.211 e. The lowest BCUT2D eigenvalue weighted by atomic mass is 10.0. The average molecular weight is 302 g/mol. The van der Waals surface area contributed by atoms with E-state index in [-0.39, 0.29) is 18.5 Å². The quantitative estimate of drug-likeness (QED) is 0.729. The van der Waals surface area contributed by atoms with Crippen molar-refractivity contribution in [1.82, 2.24) is 7.99 Å². The Balaban J connectivity index is 2.36. The van der Waals surface area contributed by atoms with E-state index in [1.165, 1.54) is 15.2 Å². The van der Waals surface area contributed by atoms with E-state index in [2.05, 4.69) is 5.10 Å². The molecule has 0 amide bonds. The van der Waals surface area contributed by atoms with Crippen molar-refractivity contribution < 1.29 is 13.2 Å². The molecular weight excluding hydrogens is 296 g/mol. The first kappa shape index (κ1) is 9.29. The highest BCUT2D eigenvalue weighted by atomic mass is 127. The van der Waals surface area contributed by atoms with Gasteiger partial charge in [-0.3, -0.25) is 0 Å². The minimum Gasteiger partial charge on any atom is -0.211 e. The maximum absolute atomic E-state index is 12.5. The molecule has 13 heavy (non-hydrogen) atoms. The van der Waals surface area contributed by atoms with Crippen molar-refractivity contribution in [3.8, 4) is 0 Å². The summed E-state index contributed by atoms with van der Waals surface area (Å²) < 4.78 is 39.0. The molecular formula is C7H6F3IN2. The van der Waals surface area contributed by atoms with E-state index in [0.717, 1.165) is 0 Å². The number of aromatic nitrogens is 2. The molecule has 1 aliphatic rings. The highest BCUT2D eigenvalue weighted by Crippen LogP contribution is 2.58. The van der Waals surface area contributed by atoms with Gasteiger partial charge >= 0.3 is 6.18 Å². The van der Waals surface area contributed by atoms with E-state index < -0.39 is 11.6 Å². The van der Waals surface area contributed by atoms with Crippen LogP contribution in [0.4, 0.5) is 13.2 Å². The third kappa shape index (κ3) is 1.35. The molecule has 0 spiro atoms. The Hall–Kier alpha value is -0.270. The van der Waals surface area contributed by atoms with Gasteiger partial charge in [-0.05, 0) is 18.9 Å². The van der Waals surface area contributed by atoms with E-state index in [9.17, 15) is 13.2 Å². The van der Waals surface area contributed by atoms with Crippen LogP contribution in [-0.2, 0) is 5.41 Å². The van der Waals surface area contributed by atoms with Crippen molar-refractivity contribution in [2.24, 2.45) is 0 Å². The van der Waals surface area contributed by atoms with Gasteiger partial charge in [0, 0.05) is 6.20 Å². The molecule has 2 rings (SSSR count). The summed E-state index contributed by atoms with van der Waals surface area (Å²) in [5.74, 6) is 0. The summed E-state index contributed by atoms with van der Waals surface area (Å²) >= 11 is 1.83. The Morgan fingerprint density at radius 2 is 2.08 bits per heavy atom. The zero-order valence-corrected chi connectivity index (χ0v) is 8.63. The Bertz CT molecular complexity index is 327. The van der Waals surface area contributed by atoms with Gasteiger partial charge in [-0.15, -0.1) is 0 Å². The summed E-state index contributed by atoms with van der Waals surface area (Å²) in [7, 11) is 0. The van der Waals surface area contributed by atoms with Crippen molar-refractivity contribution in [3.05, 3.63) is 18.0 Å². The molecule has 0 aliphatic heterocycles. The largest absolute Gasteiger partial charge is 0.400 e. The normalized spacial score (nSPS) is 20.3. The predicted molar refractivity (Wildman–Crippen MR) is 48.6 cm³/mol. The van der Waals surface area contributed by atoms with Crippen molar-refractivity contribution in [1.29, 1.82) is 0 Å². The van der Waals surface area contributed by atoms with Crippen molar-refractivity contribution in [2.75, 3.05) is 0 Å². The van der Waals surface area contributed by atoms with Gasteiger partial charge in [-0.2, -0.15) is 18.3 Å². The molecule has 1 aromatic heterocycles. The van der Waals surface area contributed by atoms with Gasteiger partial charge in [0.15, 0.2) is 0 Å². The van der Waals surface area contributed by atoms with E-state index in [1.54, 1.807) is 0 Å². The second-order valence-corrected chi connectivity index (χ2v) is 4.16. The highest BCUT2D eigenvalue weighted by Gasteiger charge is 2.65. The number of halogens is 4. The summed E-state index contributed by atoms with van der Waals surface area (Å²) in [5, 5.41) is 3.79. The molecule has 0 radical (unpaired) electrons. The van der Waals surface area contributed by atoms with Gasteiger partial charge in [0.2, 0.25) is 0 Å². The lowest BCUT2D eigenvalue weighted by molar-refractivity contribution is -0.161. The predicted octanol–water partition coefficient (Wildman–Crippen LogP) is 2.68. The van der Waals surface area contributed by atoms with Crippen LogP contribution >= 0.6 is 22.9 Å². The van der Waals surface area contributed by atoms with Crippen LogP contribution in [0.2, 0.25) is 0 Å². The van der Waals surface area contributed by atoms with Gasteiger partial charge in [0.1, 0.15) is 5.41 Å². The van der Waals surface area contributed by atoms with Gasteiger partial charge in [-0.1, -0.05) is 0 Å². The fourth-order valence-electron chi connectivity index (χ4n) is 1.37. The summed E-state index contributed by atoms with van der Waals surface area (Å²) in [6.45, 7) is 0. The average Bonchev–Trinajstić information content (AvgIpc) is 2.70. The number of hydrogen-bond donors (Lipinski definition) is 0. The Labute approximate surface area is 86.6 Å². The summed E-state index contributed by atoms with van der Waals surface area (Å²) in [6, 6.07) is 1.44. The minimum atomic E-state index is -4.15. The third-order valence-electron chi connectivity index (χ3n) is 2.34. The molecule has 2 nitrogen and oxygen atoms in total. The van der Waals surface area contributed by atoms with Crippen LogP contribution in [0.1, 0.15) is 18.5 Å². The molecule has 0 saturated heterocycles. The van der Waals surface area contributed by atoms with Crippen LogP contribution in [0.25, 0.3) is 0 Å². The fraction of sp³-hybridized carbons (Fsp3) is 0.571. The summed E-state index contributed by atoms with van der Waals surface area (Å²) in [4.78, 5) is 0. The van der Waals surface area contributed by atoms with E-state index in [0.29, 0.717) is 0 Å². The van der Waals surface area contributed by atoms with Crippen LogP contribution in [0.3, 0.4) is 0 Å². The Morgan fingerprint density at radius 3 is 2.38 bits per heavy atom. The minimum absolute atomic E-state index is 0.148. The molecule has 0 bridgehead atoms. The maximum Gasteiger partial charge on any atom is 0.400 e. The second kappa shape index (κ2) is 2.61. The molecule has 72 valence electrons. The van der Waals surface area contributed by atoms with Crippen LogP contribution in [0, 0.1) is 0 Å². The van der Waals surface area contributed by atoms with E-state index >= 15 is 0 Å². The van der Waals surface area contributed by atoms with E-state index in [1.807, 2.05) is 22.9 Å². The number of nitrogens with zero attached hydrogens (tertiary/aromatic N) is 2. The third-order valence-corrected chi connectivity index (χ3v) is 2.88. The molecule has 0 unspecified atom stereocenters. The summed E-state index contributed by atoms with van der Waals surface area (Å²) in [5.41, 5.74) is -1.49. The van der Waals surface area contributed by atoms with Gasteiger partial charge in [0.25, 0.3) is 0 Å². The van der Waals surface area contributed by atoms with Crippen molar-refractivity contribution >= 4 is 22.9 Å². The van der Waals surface area contributed by atoms with E-state index in [4.69, 9.17) is 0 Å². The standard InChI is InChI=1S/C7H6F3IN2/c8-7(9,10)6(2-3-6)5-1-4-13(11)12-5/h1,4H,2-3H2. The molecule has 1 aliphatic carbocycles. The van der Waals surface area contributed by atoms with Crippen LogP contribution in [0.15, 0.2) is 12.3 Å². The Morgan fingerprint density at radius 1 is 1.46 bits per heavy atom. The molecule has 1 aromatic rings. The van der Waals surface area contributed by atoms with Gasteiger partial charge < -0.3 is 0 Å².